The van der Waals surface area contributed by atoms with Crippen LogP contribution in [0.5, 0.6) is 11.5 Å². The van der Waals surface area contributed by atoms with E-state index in [0.717, 1.165) is 0 Å². The lowest BCUT2D eigenvalue weighted by molar-refractivity contribution is 0.305. The fraction of sp³-hybridized carbons (Fsp3) is 0.250. The summed E-state index contributed by atoms with van der Waals surface area (Å²) in [6.07, 6.45) is 0. The average molecular weight is 315 g/mol. The molecule has 0 saturated heterocycles. The number of halogens is 2. The van der Waals surface area contributed by atoms with Gasteiger partial charge in [-0.05, 0) is 35.3 Å². The number of hydrogen-bond donors (Lipinski definition) is 1. The molecule has 0 radical (unpaired) electrons. The van der Waals surface area contributed by atoms with E-state index in [2.05, 4.69) is 20.3 Å². The Bertz CT molecular complexity index is 563. The van der Waals surface area contributed by atoms with Gasteiger partial charge in [-0.25, -0.2) is 0 Å². The van der Waals surface area contributed by atoms with Crippen LogP contribution in [-0.2, 0) is 0 Å². The second-order valence-corrected chi connectivity index (χ2v) is 4.30. The third kappa shape index (κ3) is 4.11. The van der Waals surface area contributed by atoms with Crippen molar-refractivity contribution in [1.82, 2.24) is 15.0 Å². The third-order valence-corrected chi connectivity index (χ3v) is 2.63. The lowest BCUT2D eigenvalue weighted by Gasteiger charge is -2.10. The number of para-hydroxylation sites is 2. The van der Waals surface area contributed by atoms with Crippen molar-refractivity contribution in [1.29, 1.82) is 0 Å². The van der Waals surface area contributed by atoms with Gasteiger partial charge in [-0.2, -0.15) is 15.0 Å². The number of hydrogen-bond acceptors (Lipinski definition) is 6. The minimum absolute atomic E-state index is 0.0400. The normalized spacial score (nSPS) is 10.2. The van der Waals surface area contributed by atoms with Gasteiger partial charge in [0.15, 0.2) is 11.5 Å². The van der Waals surface area contributed by atoms with Crippen LogP contribution in [0.4, 0.5) is 5.95 Å². The van der Waals surface area contributed by atoms with E-state index in [9.17, 15) is 0 Å². The molecule has 0 fully saturated rings. The van der Waals surface area contributed by atoms with Crippen LogP contribution in [0.1, 0.15) is 0 Å². The van der Waals surface area contributed by atoms with Crippen LogP contribution in [0.15, 0.2) is 24.3 Å². The first-order chi connectivity index (χ1) is 9.69. The largest absolute Gasteiger partial charge is 0.493 e. The molecule has 0 aliphatic carbocycles. The van der Waals surface area contributed by atoms with Gasteiger partial charge in [0, 0.05) is 0 Å². The highest BCUT2D eigenvalue weighted by Crippen LogP contribution is 2.25. The summed E-state index contributed by atoms with van der Waals surface area (Å²) in [5.41, 5.74) is 0. The van der Waals surface area contributed by atoms with Gasteiger partial charge in [0.1, 0.15) is 6.61 Å². The summed E-state index contributed by atoms with van der Waals surface area (Å²) in [5.74, 6) is 1.65. The number of aromatic nitrogens is 3. The Kier molecular flexibility index (Phi) is 5.20. The van der Waals surface area contributed by atoms with Gasteiger partial charge < -0.3 is 14.8 Å². The van der Waals surface area contributed by atoms with E-state index in [1.54, 1.807) is 7.11 Å². The maximum atomic E-state index is 5.66. The highest BCUT2D eigenvalue weighted by Gasteiger charge is 2.04. The molecule has 1 N–H and O–H groups in total. The molecule has 1 aromatic carbocycles. The van der Waals surface area contributed by atoms with Crippen LogP contribution in [0.3, 0.4) is 0 Å². The minimum Gasteiger partial charge on any atom is -0.493 e. The molecule has 106 valence electrons. The molecule has 0 bridgehead atoms. The zero-order valence-corrected chi connectivity index (χ0v) is 12.1. The SMILES string of the molecule is COc1ccccc1OCCNc1nc(Cl)nc(Cl)n1. The van der Waals surface area contributed by atoms with E-state index in [1.165, 1.54) is 0 Å². The van der Waals surface area contributed by atoms with Crippen molar-refractivity contribution in [3.05, 3.63) is 34.8 Å². The molecule has 0 aliphatic rings. The first kappa shape index (κ1) is 14.6. The van der Waals surface area contributed by atoms with Gasteiger partial charge >= 0.3 is 0 Å². The predicted molar refractivity (Wildman–Crippen MR) is 76.8 cm³/mol. The molecular formula is C12H12Cl2N4O2. The molecule has 1 aromatic heterocycles. The first-order valence-electron chi connectivity index (χ1n) is 5.76. The number of nitrogens with one attached hydrogen (secondary N) is 1. The second-order valence-electron chi connectivity index (χ2n) is 3.62. The van der Waals surface area contributed by atoms with E-state index in [4.69, 9.17) is 32.7 Å². The van der Waals surface area contributed by atoms with Crippen LogP contribution in [-0.4, -0.2) is 35.2 Å². The van der Waals surface area contributed by atoms with Crippen LogP contribution in [0, 0.1) is 0 Å². The van der Waals surface area contributed by atoms with Crippen molar-refractivity contribution < 1.29 is 9.47 Å². The highest BCUT2D eigenvalue weighted by molar-refractivity contribution is 6.31. The number of ether oxygens (including phenoxy) is 2. The topological polar surface area (TPSA) is 69.2 Å². The predicted octanol–water partition coefficient (Wildman–Crippen LogP) is 2.68. The molecule has 1 heterocycles. The van der Waals surface area contributed by atoms with Gasteiger partial charge in [-0.1, -0.05) is 12.1 Å². The second kappa shape index (κ2) is 7.12. The van der Waals surface area contributed by atoms with E-state index >= 15 is 0 Å². The van der Waals surface area contributed by atoms with Crippen molar-refractivity contribution >= 4 is 29.2 Å². The summed E-state index contributed by atoms with van der Waals surface area (Å²) < 4.78 is 10.8. The monoisotopic (exact) mass is 314 g/mol. The molecular weight excluding hydrogens is 303 g/mol. The molecule has 2 rings (SSSR count). The lowest BCUT2D eigenvalue weighted by Crippen LogP contribution is -2.14. The van der Waals surface area contributed by atoms with E-state index in [0.29, 0.717) is 30.6 Å². The Morgan fingerprint density at radius 2 is 1.70 bits per heavy atom. The Morgan fingerprint density at radius 1 is 1.05 bits per heavy atom. The fourth-order valence-corrected chi connectivity index (χ4v) is 1.83. The standard InChI is InChI=1S/C12H12Cl2N4O2/c1-19-8-4-2-3-5-9(8)20-7-6-15-12-17-10(13)16-11(14)18-12/h2-5H,6-7H2,1H3,(H,15,16,17,18). The molecule has 6 nitrogen and oxygen atoms in total. The molecule has 8 heteroatoms. The summed E-state index contributed by atoms with van der Waals surface area (Å²) >= 11 is 11.3. The Morgan fingerprint density at radius 3 is 2.35 bits per heavy atom. The molecule has 0 saturated carbocycles. The smallest absolute Gasteiger partial charge is 0.228 e. The van der Waals surface area contributed by atoms with Gasteiger partial charge in [0.05, 0.1) is 13.7 Å². The van der Waals surface area contributed by atoms with Crippen LogP contribution in [0.2, 0.25) is 10.6 Å². The summed E-state index contributed by atoms with van der Waals surface area (Å²) in [7, 11) is 1.59. The Labute approximate surface area is 126 Å². The Balaban J connectivity index is 1.84. The van der Waals surface area contributed by atoms with Crippen molar-refractivity contribution in [2.24, 2.45) is 0 Å². The number of nitrogens with zero attached hydrogens (tertiary/aromatic N) is 3. The van der Waals surface area contributed by atoms with Crippen molar-refractivity contribution in [2.45, 2.75) is 0 Å². The van der Waals surface area contributed by atoms with Crippen molar-refractivity contribution in [2.75, 3.05) is 25.6 Å². The molecule has 20 heavy (non-hydrogen) atoms. The summed E-state index contributed by atoms with van der Waals surface area (Å²) in [6, 6.07) is 7.40. The maximum absolute atomic E-state index is 5.66. The number of methoxy groups -OCH3 is 1. The molecule has 2 aromatic rings. The quantitative estimate of drug-likeness (QED) is 0.827. The van der Waals surface area contributed by atoms with Crippen molar-refractivity contribution in [3.8, 4) is 11.5 Å². The minimum atomic E-state index is 0.0400. The molecule has 0 atom stereocenters. The lowest BCUT2D eigenvalue weighted by atomic mass is 10.3. The average Bonchev–Trinajstić information content (AvgIpc) is 2.43. The van der Waals surface area contributed by atoms with Gasteiger partial charge in [-0.3, -0.25) is 0 Å². The van der Waals surface area contributed by atoms with Crippen LogP contribution >= 0.6 is 23.2 Å². The highest BCUT2D eigenvalue weighted by atomic mass is 35.5. The molecule has 0 amide bonds. The summed E-state index contributed by atoms with van der Waals surface area (Å²) in [5, 5.41) is 3.02. The molecule has 0 spiro atoms. The third-order valence-electron chi connectivity index (χ3n) is 2.29. The van der Waals surface area contributed by atoms with Crippen molar-refractivity contribution in [3.63, 3.8) is 0 Å². The van der Waals surface area contributed by atoms with Gasteiger partial charge in [-0.15, -0.1) is 0 Å². The molecule has 0 unspecified atom stereocenters. The summed E-state index contributed by atoms with van der Waals surface area (Å²) in [6.45, 7) is 0.885. The van der Waals surface area contributed by atoms with E-state index in [-0.39, 0.29) is 10.6 Å². The van der Waals surface area contributed by atoms with Crippen LogP contribution < -0.4 is 14.8 Å². The number of anilines is 1. The first-order valence-corrected chi connectivity index (χ1v) is 6.51. The zero-order chi connectivity index (χ0) is 14.4. The number of rotatable bonds is 6. The van der Waals surface area contributed by atoms with E-state index in [1.807, 2.05) is 24.3 Å². The Hall–Kier alpha value is -1.79. The number of benzene rings is 1. The fourth-order valence-electron chi connectivity index (χ4n) is 1.47. The van der Waals surface area contributed by atoms with Gasteiger partial charge in [0.2, 0.25) is 16.5 Å². The maximum Gasteiger partial charge on any atom is 0.228 e. The molecule has 0 aliphatic heterocycles. The van der Waals surface area contributed by atoms with E-state index < -0.39 is 0 Å². The van der Waals surface area contributed by atoms with Crippen LogP contribution in [0.25, 0.3) is 0 Å². The zero-order valence-electron chi connectivity index (χ0n) is 10.6. The summed E-state index contributed by atoms with van der Waals surface area (Å²) in [4.78, 5) is 11.4. The van der Waals surface area contributed by atoms with Gasteiger partial charge in [0.25, 0.3) is 0 Å².